The minimum atomic E-state index is -3.47. The molecule has 0 unspecified atom stereocenters. The Morgan fingerprint density at radius 2 is 2.10 bits per heavy atom. The highest BCUT2D eigenvalue weighted by Gasteiger charge is 2.19. The third-order valence-corrected chi connectivity index (χ3v) is 6.20. The first-order valence-corrected chi connectivity index (χ1v) is 8.94. The zero-order valence-electron chi connectivity index (χ0n) is 10.5. The molecule has 0 bridgehead atoms. The van der Waals surface area contributed by atoms with Crippen molar-refractivity contribution in [3.8, 4) is 0 Å². The Morgan fingerprint density at radius 3 is 2.75 bits per heavy atom. The van der Waals surface area contributed by atoms with Crippen LogP contribution in [0.5, 0.6) is 0 Å². The van der Waals surface area contributed by atoms with E-state index in [4.69, 9.17) is 23.2 Å². The first kappa shape index (κ1) is 15.6. The van der Waals surface area contributed by atoms with Crippen LogP contribution in [-0.2, 0) is 16.9 Å². The number of hydrogen-bond donors (Lipinski definition) is 0. The Balaban J connectivity index is 2.08. The van der Waals surface area contributed by atoms with Crippen molar-refractivity contribution in [1.82, 2.24) is 14.8 Å². The minimum Gasteiger partial charge on any atom is -0.312 e. The fraction of sp³-hybridized carbons (Fsp3) is 0.273. The summed E-state index contributed by atoms with van der Waals surface area (Å²) >= 11 is 13.0. The molecule has 1 aromatic heterocycles. The van der Waals surface area contributed by atoms with Crippen LogP contribution < -0.4 is 0 Å². The number of rotatable bonds is 5. The second-order valence-corrected chi connectivity index (χ2v) is 7.95. The van der Waals surface area contributed by atoms with Gasteiger partial charge in [-0.05, 0) is 18.2 Å². The molecule has 0 aliphatic heterocycles. The van der Waals surface area contributed by atoms with E-state index in [1.54, 1.807) is 24.0 Å². The maximum absolute atomic E-state index is 12.2. The molecule has 1 heterocycles. The second-order valence-electron chi connectivity index (χ2n) is 3.97. The van der Waals surface area contributed by atoms with E-state index in [2.05, 4.69) is 10.2 Å². The predicted octanol–water partition coefficient (Wildman–Crippen LogP) is 2.69. The van der Waals surface area contributed by atoms with Crippen LogP contribution in [0.1, 0.15) is 0 Å². The number of benzene rings is 1. The Kier molecular flexibility index (Phi) is 4.95. The van der Waals surface area contributed by atoms with Gasteiger partial charge in [-0.2, -0.15) is 0 Å². The first-order chi connectivity index (χ1) is 9.40. The third-order valence-electron chi connectivity index (χ3n) is 2.48. The zero-order valence-corrected chi connectivity index (χ0v) is 13.6. The lowest BCUT2D eigenvalue weighted by atomic mass is 10.4. The molecule has 0 saturated carbocycles. The maximum atomic E-state index is 12.2. The van der Waals surface area contributed by atoms with Crippen LogP contribution in [0.25, 0.3) is 0 Å². The van der Waals surface area contributed by atoms with Gasteiger partial charge in [-0.15, -0.1) is 10.2 Å². The number of halogens is 2. The molecule has 0 aliphatic carbocycles. The monoisotopic (exact) mass is 351 g/mol. The van der Waals surface area contributed by atoms with Crippen molar-refractivity contribution >= 4 is 44.8 Å². The highest BCUT2D eigenvalue weighted by Crippen LogP contribution is 2.26. The lowest BCUT2D eigenvalue weighted by Gasteiger charge is -2.06. The number of thioether (sulfide) groups is 1. The predicted molar refractivity (Wildman–Crippen MR) is 80.2 cm³/mol. The molecule has 0 N–H and O–H groups in total. The van der Waals surface area contributed by atoms with Crippen molar-refractivity contribution in [2.75, 3.05) is 11.5 Å². The van der Waals surface area contributed by atoms with E-state index in [1.165, 1.54) is 23.9 Å². The summed E-state index contributed by atoms with van der Waals surface area (Å²) in [5.41, 5.74) is 0. The molecule has 0 radical (unpaired) electrons. The molecule has 108 valence electrons. The largest absolute Gasteiger partial charge is 0.312 e. The van der Waals surface area contributed by atoms with Crippen molar-refractivity contribution in [2.24, 2.45) is 7.05 Å². The lowest BCUT2D eigenvalue weighted by Crippen LogP contribution is -2.10. The number of sulfone groups is 1. The van der Waals surface area contributed by atoms with Gasteiger partial charge in [0.1, 0.15) is 6.33 Å². The Bertz CT molecular complexity index is 716. The van der Waals surface area contributed by atoms with E-state index in [9.17, 15) is 8.42 Å². The van der Waals surface area contributed by atoms with Gasteiger partial charge in [0.05, 0.1) is 15.7 Å². The van der Waals surface area contributed by atoms with Gasteiger partial charge < -0.3 is 4.57 Å². The molecule has 0 atom stereocenters. The standard InChI is InChI=1S/C11H11Cl2N3O2S2/c1-16-7-14-15-11(16)19-4-5-20(17,18)10-6-8(12)2-3-9(10)13/h2-3,6-7H,4-5H2,1H3. The van der Waals surface area contributed by atoms with Crippen molar-refractivity contribution < 1.29 is 8.42 Å². The Labute approximate surface area is 131 Å². The van der Waals surface area contributed by atoms with Crippen molar-refractivity contribution in [1.29, 1.82) is 0 Å². The van der Waals surface area contributed by atoms with Crippen LogP contribution >= 0.6 is 35.0 Å². The zero-order chi connectivity index (χ0) is 14.8. The topological polar surface area (TPSA) is 64.8 Å². The van der Waals surface area contributed by atoms with E-state index in [0.717, 1.165) is 0 Å². The highest BCUT2D eigenvalue weighted by molar-refractivity contribution is 8.00. The normalized spacial score (nSPS) is 11.8. The average molecular weight is 352 g/mol. The summed E-state index contributed by atoms with van der Waals surface area (Å²) in [5.74, 6) is 0.308. The quantitative estimate of drug-likeness (QED) is 0.774. The molecular weight excluding hydrogens is 341 g/mol. The molecule has 9 heteroatoms. The van der Waals surface area contributed by atoms with Crippen LogP contribution in [0.4, 0.5) is 0 Å². The summed E-state index contributed by atoms with van der Waals surface area (Å²) in [6, 6.07) is 4.40. The van der Waals surface area contributed by atoms with Crippen LogP contribution in [0, 0.1) is 0 Å². The van der Waals surface area contributed by atoms with Gasteiger partial charge in [0.2, 0.25) is 0 Å². The molecular formula is C11H11Cl2N3O2S2. The van der Waals surface area contributed by atoms with Gasteiger partial charge in [0.25, 0.3) is 0 Å². The fourth-order valence-electron chi connectivity index (χ4n) is 1.47. The van der Waals surface area contributed by atoms with Crippen LogP contribution in [0.15, 0.2) is 34.6 Å². The van der Waals surface area contributed by atoms with Crippen LogP contribution in [0.3, 0.4) is 0 Å². The molecule has 2 aromatic rings. The Morgan fingerprint density at radius 1 is 1.35 bits per heavy atom. The van der Waals surface area contributed by atoms with Crippen molar-refractivity contribution in [3.05, 3.63) is 34.6 Å². The number of aromatic nitrogens is 3. The van der Waals surface area contributed by atoms with Crippen LogP contribution in [-0.4, -0.2) is 34.7 Å². The van der Waals surface area contributed by atoms with Gasteiger partial charge in [-0.3, -0.25) is 0 Å². The molecule has 0 amide bonds. The fourth-order valence-corrected chi connectivity index (χ4v) is 4.82. The summed E-state index contributed by atoms with van der Waals surface area (Å²) in [6.45, 7) is 0. The molecule has 1 aromatic carbocycles. The molecule has 0 fully saturated rings. The smallest absolute Gasteiger partial charge is 0.190 e. The molecule has 20 heavy (non-hydrogen) atoms. The molecule has 0 aliphatic rings. The summed E-state index contributed by atoms with van der Waals surface area (Å²) < 4.78 is 26.2. The van der Waals surface area contributed by atoms with Gasteiger partial charge in [-0.25, -0.2) is 8.42 Å². The highest BCUT2D eigenvalue weighted by atomic mass is 35.5. The van der Waals surface area contributed by atoms with E-state index < -0.39 is 9.84 Å². The molecule has 2 rings (SSSR count). The second kappa shape index (κ2) is 6.34. The third kappa shape index (κ3) is 3.66. The molecule has 5 nitrogen and oxygen atoms in total. The molecule has 0 spiro atoms. The van der Waals surface area contributed by atoms with E-state index in [0.29, 0.717) is 15.9 Å². The summed E-state index contributed by atoms with van der Waals surface area (Å²) in [7, 11) is -1.68. The summed E-state index contributed by atoms with van der Waals surface area (Å²) in [6.07, 6.45) is 1.56. The average Bonchev–Trinajstić information content (AvgIpc) is 2.78. The van der Waals surface area contributed by atoms with Crippen molar-refractivity contribution in [2.45, 2.75) is 10.1 Å². The summed E-state index contributed by atoms with van der Waals surface area (Å²) in [4.78, 5) is 0.0604. The maximum Gasteiger partial charge on any atom is 0.190 e. The van der Waals surface area contributed by atoms with Gasteiger partial charge in [0.15, 0.2) is 15.0 Å². The molecule has 0 saturated heterocycles. The minimum absolute atomic E-state index is 0.0510. The number of nitrogens with zero attached hydrogens (tertiary/aromatic N) is 3. The number of hydrogen-bond acceptors (Lipinski definition) is 5. The van der Waals surface area contributed by atoms with E-state index >= 15 is 0 Å². The van der Waals surface area contributed by atoms with E-state index in [-0.39, 0.29) is 15.7 Å². The lowest BCUT2D eigenvalue weighted by molar-refractivity contribution is 0.597. The summed E-state index contributed by atoms with van der Waals surface area (Å²) in [5, 5.41) is 8.78. The van der Waals surface area contributed by atoms with Crippen LogP contribution in [0.2, 0.25) is 10.0 Å². The van der Waals surface area contributed by atoms with Crippen molar-refractivity contribution in [3.63, 3.8) is 0 Å². The SMILES string of the molecule is Cn1cnnc1SCCS(=O)(=O)c1cc(Cl)ccc1Cl. The van der Waals surface area contributed by atoms with Gasteiger partial charge >= 0.3 is 0 Å². The Hall–Kier alpha value is -0.760. The first-order valence-electron chi connectivity index (χ1n) is 5.55. The van der Waals surface area contributed by atoms with E-state index in [1.807, 2.05) is 0 Å². The van der Waals surface area contributed by atoms with Gasteiger partial charge in [-0.1, -0.05) is 35.0 Å². The van der Waals surface area contributed by atoms with Gasteiger partial charge in [0, 0.05) is 17.8 Å². The number of aryl methyl sites for hydroxylation is 1.